The zero-order chi connectivity index (χ0) is 16.9. The maximum atomic E-state index is 13.2. The van der Waals surface area contributed by atoms with Crippen LogP contribution in [0.1, 0.15) is 17.5 Å². The Morgan fingerprint density at radius 2 is 2.04 bits per heavy atom. The van der Waals surface area contributed by atoms with Crippen molar-refractivity contribution in [2.24, 2.45) is 0 Å². The van der Waals surface area contributed by atoms with Crippen molar-refractivity contribution >= 4 is 11.6 Å². The SMILES string of the molecule is Cc1cnn(CCC(=O)Nc2cnn(Cc3cccc(F)c3)c2)c1. The van der Waals surface area contributed by atoms with E-state index in [2.05, 4.69) is 15.5 Å². The van der Waals surface area contributed by atoms with Gasteiger partial charge in [-0.3, -0.25) is 14.2 Å². The van der Waals surface area contributed by atoms with Crippen molar-refractivity contribution < 1.29 is 9.18 Å². The van der Waals surface area contributed by atoms with E-state index in [9.17, 15) is 9.18 Å². The molecule has 3 rings (SSSR count). The number of carbonyl (C=O) groups excluding carboxylic acids is 1. The monoisotopic (exact) mass is 327 g/mol. The van der Waals surface area contributed by atoms with Crippen LogP contribution in [0.4, 0.5) is 10.1 Å². The molecule has 1 aromatic carbocycles. The van der Waals surface area contributed by atoms with E-state index in [1.165, 1.54) is 12.1 Å². The Hall–Kier alpha value is -2.96. The Labute approximate surface area is 138 Å². The molecule has 2 aromatic heterocycles. The summed E-state index contributed by atoms with van der Waals surface area (Å²) in [7, 11) is 0. The van der Waals surface area contributed by atoms with Gasteiger partial charge in [-0.1, -0.05) is 12.1 Å². The van der Waals surface area contributed by atoms with E-state index in [4.69, 9.17) is 0 Å². The predicted molar refractivity (Wildman–Crippen MR) is 87.9 cm³/mol. The Bertz CT molecular complexity index is 839. The topological polar surface area (TPSA) is 64.7 Å². The van der Waals surface area contributed by atoms with Gasteiger partial charge in [0.1, 0.15) is 5.82 Å². The Morgan fingerprint density at radius 3 is 2.79 bits per heavy atom. The van der Waals surface area contributed by atoms with Crippen LogP contribution in [-0.2, 0) is 17.9 Å². The number of rotatable bonds is 6. The molecule has 2 heterocycles. The van der Waals surface area contributed by atoms with Crippen LogP contribution in [0.3, 0.4) is 0 Å². The number of anilines is 1. The van der Waals surface area contributed by atoms with E-state index >= 15 is 0 Å². The molecule has 0 bridgehead atoms. The second kappa shape index (κ2) is 7.08. The van der Waals surface area contributed by atoms with Crippen LogP contribution in [0.5, 0.6) is 0 Å². The van der Waals surface area contributed by atoms with Crippen molar-refractivity contribution in [2.45, 2.75) is 26.4 Å². The molecule has 6 nitrogen and oxygen atoms in total. The fourth-order valence-corrected chi connectivity index (χ4v) is 2.37. The molecule has 0 aliphatic carbocycles. The summed E-state index contributed by atoms with van der Waals surface area (Å²) >= 11 is 0. The average Bonchev–Trinajstić information content (AvgIpc) is 3.14. The second-order valence-electron chi connectivity index (χ2n) is 5.64. The minimum Gasteiger partial charge on any atom is -0.323 e. The van der Waals surface area contributed by atoms with E-state index in [-0.39, 0.29) is 11.7 Å². The van der Waals surface area contributed by atoms with Gasteiger partial charge in [0.25, 0.3) is 0 Å². The first-order valence-electron chi connectivity index (χ1n) is 7.64. The van der Waals surface area contributed by atoms with E-state index < -0.39 is 0 Å². The number of hydrogen-bond acceptors (Lipinski definition) is 3. The number of carbonyl (C=O) groups is 1. The van der Waals surface area contributed by atoms with Gasteiger partial charge < -0.3 is 5.32 Å². The third-order valence-corrected chi connectivity index (χ3v) is 3.48. The summed E-state index contributed by atoms with van der Waals surface area (Å²) in [6, 6.07) is 6.36. The lowest BCUT2D eigenvalue weighted by Crippen LogP contribution is -2.14. The summed E-state index contributed by atoms with van der Waals surface area (Å²) < 4.78 is 16.6. The molecule has 0 saturated heterocycles. The first kappa shape index (κ1) is 15.9. The van der Waals surface area contributed by atoms with Crippen molar-refractivity contribution in [1.82, 2.24) is 19.6 Å². The van der Waals surface area contributed by atoms with Crippen LogP contribution < -0.4 is 5.32 Å². The molecule has 3 aromatic rings. The molecule has 1 N–H and O–H groups in total. The number of nitrogens with zero attached hydrogens (tertiary/aromatic N) is 4. The smallest absolute Gasteiger partial charge is 0.226 e. The summed E-state index contributed by atoms with van der Waals surface area (Å²) in [4.78, 5) is 12.0. The number of aromatic nitrogens is 4. The van der Waals surface area contributed by atoms with E-state index in [0.717, 1.165) is 11.1 Å². The molecule has 124 valence electrons. The fraction of sp³-hybridized carbons (Fsp3) is 0.235. The number of aryl methyl sites for hydroxylation is 2. The Morgan fingerprint density at radius 1 is 1.21 bits per heavy atom. The lowest BCUT2D eigenvalue weighted by atomic mass is 10.2. The van der Waals surface area contributed by atoms with Crippen LogP contribution in [-0.4, -0.2) is 25.5 Å². The number of amides is 1. The minimum atomic E-state index is -0.276. The number of benzene rings is 1. The van der Waals surface area contributed by atoms with E-state index in [0.29, 0.717) is 25.2 Å². The van der Waals surface area contributed by atoms with Crippen LogP contribution >= 0.6 is 0 Å². The quantitative estimate of drug-likeness (QED) is 0.757. The lowest BCUT2D eigenvalue weighted by Gasteiger charge is -2.03. The largest absolute Gasteiger partial charge is 0.323 e. The number of halogens is 1. The molecule has 0 atom stereocenters. The zero-order valence-electron chi connectivity index (χ0n) is 13.3. The van der Waals surface area contributed by atoms with Crippen LogP contribution in [0.15, 0.2) is 49.1 Å². The maximum Gasteiger partial charge on any atom is 0.226 e. The third-order valence-electron chi connectivity index (χ3n) is 3.48. The van der Waals surface area contributed by atoms with Gasteiger partial charge in [0.2, 0.25) is 5.91 Å². The normalized spacial score (nSPS) is 10.8. The molecule has 1 amide bonds. The highest BCUT2D eigenvalue weighted by molar-refractivity contribution is 5.90. The van der Waals surface area contributed by atoms with Gasteiger partial charge in [-0.05, 0) is 30.2 Å². The fourth-order valence-electron chi connectivity index (χ4n) is 2.37. The van der Waals surface area contributed by atoms with Gasteiger partial charge >= 0.3 is 0 Å². The average molecular weight is 327 g/mol. The van der Waals surface area contributed by atoms with Gasteiger partial charge in [0, 0.05) is 25.4 Å². The first-order valence-corrected chi connectivity index (χ1v) is 7.64. The Kier molecular flexibility index (Phi) is 4.69. The van der Waals surface area contributed by atoms with Gasteiger partial charge in [0.05, 0.1) is 24.6 Å². The molecular weight excluding hydrogens is 309 g/mol. The summed E-state index contributed by atoms with van der Waals surface area (Å²) in [5.74, 6) is -0.379. The molecule has 0 saturated carbocycles. The van der Waals surface area contributed by atoms with E-state index in [1.807, 2.05) is 19.2 Å². The number of hydrogen-bond donors (Lipinski definition) is 1. The predicted octanol–water partition coefficient (Wildman–Crippen LogP) is 2.60. The van der Waals surface area contributed by atoms with Gasteiger partial charge in [0.15, 0.2) is 0 Å². The van der Waals surface area contributed by atoms with Gasteiger partial charge in [-0.2, -0.15) is 10.2 Å². The molecule has 0 aliphatic rings. The molecule has 24 heavy (non-hydrogen) atoms. The lowest BCUT2D eigenvalue weighted by molar-refractivity contribution is -0.116. The maximum absolute atomic E-state index is 13.2. The molecular formula is C17H18FN5O. The third kappa shape index (κ3) is 4.28. The van der Waals surface area contributed by atoms with Crippen LogP contribution in [0.25, 0.3) is 0 Å². The molecule has 0 fully saturated rings. The van der Waals surface area contributed by atoms with Crippen molar-refractivity contribution in [2.75, 3.05) is 5.32 Å². The molecule has 0 unspecified atom stereocenters. The van der Waals surface area contributed by atoms with Crippen LogP contribution in [0.2, 0.25) is 0 Å². The number of nitrogens with one attached hydrogen (secondary N) is 1. The summed E-state index contributed by atoms with van der Waals surface area (Å²) in [5.41, 5.74) is 2.49. The van der Waals surface area contributed by atoms with E-state index in [1.54, 1.807) is 34.0 Å². The zero-order valence-corrected chi connectivity index (χ0v) is 13.3. The molecule has 0 radical (unpaired) electrons. The second-order valence-corrected chi connectivity index (χ2v) is 5.64. The minimum absolute atomic E-state index is 0.103. The first-order chi connectivity index (χ1) is 11.6. The van der Waals surface area contributed by atoms with Crippen molar-refractivity contribution in [3.8, 4) is 0 Å². The Balaban J connectivity index is 1.52. The van der Waals surface area contributed by atoms with Gasteiger partial charge in [-0.15, -0.1) is 0 Å². The highest BCUT2D eigenvalue weighted by atomic mass is 19.1. The van der Waals surface area contributed by atoms with Crippen molar-refractivity contribution in [3.05, 3.63) is 66.0 Å². The molecule has 7 heteroatoms. The highest BCUT2D eigenvalue weighted by Crippen LogP contribution is 2.10. The summed E-state index contributed by atoms with van der Waals surface area (Å²) in [6.45, 7) is 2.92. The molecule has 0 aliphatic heterocycles. The summed E-state index contributed by atoms with van der Waals surface area (Å²) in [6.07, 6.45) is 7.28. The van der Waals surface area contributed by atoms with Crippen molar-refractivity contribution in [1.29, 1.82) is 0 Å². The van der Waals surface area contributed by atoms with Crippen molar-refractivity contribution in [3.63, 3.8) is 0 Å². The summed E-state index contributed by atoms with van der Waals surface area (Å²) in [5, 5.41) is 11.1. The highest BCUT2D eigenvalue weighted by Gasteiger charge is 2.06. The standard InChI is InChI=1S/C17H18FN5O/c1-13-8-19-22(10-13)6-5-17(24)21-16-9-20-23(12-16)11-14-3-2-4-15(18)7-14/h2-4,7-10,12H,5-6,11H2,1H3,(H,21,24). The van der Waals surface area contributed by atoms with Gasteiger partial charge in [-0.25, -0.2) is 4.39 Å². The van der Waals surface area contributed by atoms with Crippen LogP contribution in [0, 0.1) is 12.7 Å². The molecule has 0 spiro atoms.